The monoisotopic (exact) mass is 279 g/mol. The van der Waals surface area contributed by atoms with E-state index in [0.717, 1.165) is 6.07 Å². The van der Waals surface area contributed by atoms with Gasteiger partial charge >= 0.3 is 6.18 Å². The Morgan fingerprint density at radius 3 is 2.32 bits per heavy atom. The van der Waals surface area contributed by atoms with Crippen LogP contribution in [0.25, 0.3) is 0 Å². The first-order valence-corrected chi connectivity index (χ1v) is 5.45. The molecule has 0 fully saturated rings. The molecule has 1 atom stereocenters. The van der Waals surface area contributed by atoms with E-state index in [4.69, 9.17) is 5.84 Å². The van der Waals surface area contributed by atoms with Crippen molar-refractivity contribution in [2.45, 2.75) is 38.6 Å². The van der Waals surface area contributed by atoms with Crippen LogP contribution in [0.2, 0.25) is 0 Å². The Morgan fingerprint density at radius 1 is 1.32 bits per heavy atom. The highest BCUT2D eigenvalue weighted by atomic mass is 19.4. The summed E-state index contributed by atoms with van der Waals surface area (Å²) in [5, 5.41) is 12.2. The number of aliphatic hydroxyl groups excluding tert-OH is 1. The molecule has 9 heteroatoms. The van der Waals surface area contributed by atoms with Gasteiger partial charge in [-0.05, 0) is 20.8 Å². The van der Waals surface area contributed by atoms with Crippen molar-refractivity contribution in [1.29, 1.82) is 0 Å². The first-order valence-electron chi connectivity index (χ1n) is 5.45. The van der Waals surface area contributed by atoms with Crippen LogP contribution >= 0.6 is 0 Å². The number of nitrogen functional groups attached to an aromatic ring is 1. The summed E-state index contributed by atoms with van der Waals surface area (Å²) in [6, 6.07) is 0.755. The molecule has 19 heavy (non-hydrogen) atoms. The Balaban J connectivity index is 3.15. The number of hydrogen-bond acceptors (Lipinski definition) is 6. The van der Waals surface area contributed by atoms with E-state index in [9.17, 15) is 18.3 Å². The Hall–Kier alpha value is -1.61. The first kappa shape index (κ1) is 15.4. The zero-order valence-electron chi connectivity index (χ0n) is 10.7. The maximum Gasteiger partial charge on any atom is 0.433 e. The van der Waals surface area contributed by atoms with Gasteiger partial charge in [0.1, 0.15) is 5.82 Å². The number of rotatable bonds is 4. The van der Waals surface area contributed by atoms with Crippen molar-refractivity contribution in [2.24, 2.45) is 5.84 Å². The number of nitrogens with one attached hydrogen (secondary N) is 2. The number of nitrogens with two attached hydrogens (primary N) is 1. The molecule has 1 rings (SSSR count). The summed E-state index contributed by atoms with van der Waals surface area (Å²) in [5.74, 6) is 4.59. The fraction of sp³-hybridized carbons (Fsp3) is 0.600. The molecule has 1 aromatic rings. The maximum absolute atomic E-state index is 12.6. The largest absolute Gasteiger partial charge is 0.433 e. The van der Waals surface area contributed by atoms with Crippen molar-refractivity contribution in [1.82, 2.24) is 9.97 Å². The SMILES string of the molecule is CC(O)C(C)(C)Nc1cc(C(F)(F)F)nc(NN)n1. The van der Waals surface area contributed by atoms with Crippen LogP contribution in [0.15, 0.2) is 6.07 Å². The van der Waals surface area contributed by atoms with Crippen molar-refractivity contribution >= 4 is 11.8 Å². The second-order valence-electron chi connectivity index (χ2n) is 4.63. The van der Waals surface area contributed by atoms with Crippen molar-refractivity contribution < 1.29 is 18.3 Å². The first-order chi connectivity index (χ1) is 8.56. The van der Waals surface area contributed by atoms with Gasteiger partial charge in [-0.25, -0.2) is 10.8 Å². The van der Waals surface area contributed by atoms with Gasteiger partial charge in [-0.2, -0.15) is 18.2 Å². The molecule has 0 aromatic carbocycles. The normalized spacial score (nSPS) is 14.1. The standard InChI is InChI=1S/C10H16F3N5O/c1-5(19)9(2,3)17-7-4-6(10(11,12)13)15-8(16-7)18-14/h4-5,19H,14H2,1-3H3,(H2,15,16,17,18). The molecule has 0 spiro atoms. The molecule has 6 nitrogen and oxygen atoms in total. The van der Waals surface area contributed by atoms with Crippen LogP contribution in [-0.2, 0) is 6.18 Å². The molecule has 108 valence electrons. The number of halogens is 3. The average Bonchev–Trinajstić information content (AvgIpc) is 2.26. The van der Waals surface area contributed by atoms with E-state index in [1.807, 2.05) is 5.43 Å². The van der Waals surface area contributed by atoms with Crippen LogP contribution in [0.1, 0.15) is 26.5 Å². The average molecular weight is 279 g/mol. The van der Waals surface area contributed by atoms with Crippen molar-refractivity contribution in [2.75, 3.05) is 10.7 Å². The molecule has 0 saturated carbocycles. The number of hydrogen-bond donors (Lipinski definition) is 4. The number of nitrogens with zero attached hydrogens (tertiary/aromatic N) is 2. The van der Waals surface area contributed by atoms with E-state index in [-0.39, 0.29) is 11.8 Å². The minimum atomic E-state index is -4.61. The third kappa shape index (κ3) is 3.93. The number of alkyl halides is 3. The summed E-state index contributed by atoms with van der Waals surface area (Å²) in [6.07, 6.45) is -5.41. The Morgan fingerprint density at radius 2 is 1.89 bits per heavy atom. The molecule has 0 bridgehead atoms. The van der Waals surface area contributed by atoms with E-state index >= 15 is 0 Å². The molecule has 0 radical (unpaired) electrons. The molecule has 0 saturated heterocycles. The van der Waals surface area contributed by atoms with Gasteiger partial charge in [0.25, 0.3) is 0 Å². The second kappa shape index (κ2) is 5.17. The van der Waals surface area contributed by atoms with E-state index in [2.05, 4.69) is 15.3 Å². The van der Waals surface area contributed by atoms with Gasteiger partial charge in [-0.3, -0.25) is 5.43 Å². The number of aromatic nitrogens is 2. The van der Waals surface area contributed by atoms with Crippen LogP contribution in [-0.4, -0.2) is 26.7 Å². The Labute approximate surface area is 108 Å². The quantitative estimate of drug-likeness (QED) is 0.491. The molecular weight excluding hydrogens is 263 g/mol. The fourth-order valence-electron chi connectivity index (χ4n) is 1.16. The van der Waals surface area contributed by atoms with Crippen LogP contribution < -0.4 is 16.6 Å². The molecule has 0 aliphatic rings. The predicted octanol–water partition coefficient (Wildman–Crippen LogP) is 1.35. The molecular formula is C10H16F3N5O. The van der Waals surface area contributed by atoms with Crippen LogP contribution in [0.4, 0.5) is 24.9 Å². The van der Waals surface area contributed by atoms with Crippen molar-refractivity contribution in [3.63, 3.8) is 0 Å². The zero-order valence-corrected chi connectivity index (χ0v) is 10.7. The summed E-state index contributed by atoms with van der Waals surface area (Å²) in [6.45, 7) is 4.77. The predicted molar refractivity (Wildman–Crippen MR) is 64.2 cm³/mol. The lowest BCUT2D eigenvalue weighted by Gasteiger charge is -2.30. The van der Waals surface area contributed by atoms with Gasteiger partial charge in [-0.1, -0.05) is 0 Å². The lowest BCUT2D eigenvalue weighted by atomic mass is 9.99. The van der Waals surface area contributed by atoms with Gasteiger partial charge < -0.3 is 10.4 Å². The molecule has 1 aromatic heterocycles. The van der Waals surface area contributed by atoms with Gasteiger partial charge in [0, 0.05) is 6.07 Å². The molecule has 1 heterocycles. The van der Waals surface area contributed by atoms with Crippen LogP contribution in [0.5, 0.6) is 0 Å². The third-order valence-corrected chi connectivity index (χ3v) is 2.64. The van der Waals surface area contributed by atoms with Gasteiger partial charge in [0.15, 0.2) is 5.69 Å². The second-order valence-corrected chi connectivity index (χ2v) is 4.63. The Bertz CT molecular complexity index is 447. The topological polar surface area (TPSA) is 96.1 Å². The molecule has 5 N–H and O–H groups in total. The molecule has 0 aliphatic carbocycles. The lowest BCUT2D eigenvalue weighted by Crippen LogP contribution is -2.42. The minimum Gasteiger partial charge on any atom is -0.391 e. The van der Waals surface area contributed by atoms with E-state index < -0.39 is 23.5 Å². The number of hydrazine groups is 1. The maximum atomic E-state index is 12.6. The summed E-state index contributed by atoms with van der Waals surface area (Å²) < 4.78 is 37.9. The van der Waals surface area contributed by atoms with Crippen LogP contribution in [0.3, 0.4) is 0 Å². The van der Waals surface area contributed by atoms with Crippen LogP contribution in [0, 0.1) is 0 Å². The fourth-order valence-corrected chi connectivity index (χ4v) is 1.16. The summed E-state index contributed by atoms with van der Waals surface area (Å²) in [7, 11) is 0. The summed E-state index contributed by atoms with van der Waals surface area (Å²) in [4.78, 5) is 6.99. The Kier molecular flexibility index (Phi) is 4.21. The van der Waals surface area contributed by atoms with Gasteiger partial charge in [0.05, 0.1) is 11.6 Å². The number of aliphatic hydroxyl groups is 1. The molecule has 0 aliphatic heterocycles. The van der Waals surface area contributed by atoms with E-state index in [1.54, 1.807) is 13.8 Å². The smallest absolute Gasteiger partial charge is 0.391 e. The highest BCUT2D eigenvalue weighted by Crippen LogP contribution is 2.30. The highest BCUT2D eigenvalue weighted by molar-refractivity contribution is 5.44. The van der Waals surface area contributed by atoms with Crippen molar-refractivity contribution in [3.8, 4) is 0 Å². The van der Waals surface area contributed by atoms with Gasteiger partial charge in [0.2, 0.25) is 5.95 Å². The van der Waals surface area contributed by atoms with Gasteiger partial charge in [-0.15, -0.1) is 0 Å². The van der Waals surface area contributed by atoms with E-state index in [0.29, 0.717) is 0 Å². The summed E-state index contributed by atoms with van der Waals surface area (Å²) in [5.41, 5.74) is -0.0135. The minimum absolute atomic E-state index is 0.0822. The summed E-state index contributed by atoms with van der Waals surface area (Å²) >= 11 is 0. The lowest BCUT2D eigenvalue weighted by molar-refractivity contribution is -0.141. The third-order valence-electron chi connectivity index (χ3n) is 2.64. The zero-order chi connectivity index (χ0) is 14.8. The highest BCUT2D eigenvalue weighted by Gasteiger charge is 2.34. The van der Waals surface area contributed by atoms with Crippen molar-refractivity contribution in [3.05, 3.63) is 11.8 Å². The van der Waals surface area contributed by atoms with E-state index in [1.165, 1.54) is 6.92 Å². The molecule has 1 unspecified atom stereocenters. The number of anilines is 2. The molecule has 0 amide bonds.